The van der Waals surface area contributed by atoms with Crippen molar-refractivity contribution in [2.75, 3.05) is 18.4 Å². The van der Waals surface area contributed by atoms with Crippen LogP contribution in [0.15, 0.2) is 72.3 Å². The summed E-state index contributed by atoms with van der Waals surface area (Å²) in [7, 11) is 0. The number of aryl methyl sites for hydroxylation is 2. The number of ether oxygens (including phenoxy) is 1. The monoisotopic (exact) mass is 539 g/mol. The maximum atomic E-state index is 14.7. The Morgan fingerprint density at radius 1 is 1.05 bits per heavy atom. The molecule has 5 atom stereocenters. The van der Waals surface area contributed by atoms with Crippen molar-refractivity contribution in [2.24, 2.45) is 11.8 Å². The molecule has 2 fully saturated rings. The second-order valence-corrected chi connectivity index (χ2v) is 11.7. The Balaban J connectivity index is 1.36. The van der Waals surface area contributed by atoms with Crippen LogP contribution in [0.5, 0.6) is 0 Å². The molecule has 3 aliphatic heterocycles. The molecule has 0 saturated carbocycles. The lowest BCUT2D eigenvalue weighted by Crippen LogP contribution is -2.60. The molecule has 208 valence electrons. The van der Waals surface area contributed by atoms with Crippen molar-refractivity contribution in [3.63, 3.8) is 0 Å². The number of nitrogens with one attached hydrogen (secondary N) is 2. The average molecular weight is 540 g/mol. The van der Waals surface area contributed by atoms with Gasteiger partial charge in [-0.15, -0.1) is 0 Å². The third kappa shape index (κ3) is 4.87. The Labute approximate surface area is 235 Å². The molecule has 4 aliphatic rings. The van der Waals surface area contributed by atoms with Gasteiger partial charge in [-0.1, -0.05) is 71.3 Å². The zero-order valence-corrected chi connectivity index (χ0v) is 23.2. The number of allylic oxidation sites excluding steroid dienone is 1. The lowest BCUT2D eigenvalue weighted by molar-refractivity contribution is -0.152. The molecule has 0 unspecified atom stereocenters. The summed E-state index contributed by atoms with van der Waals surface area (Å²) in [5, 5.41) is 6.10. The smallest absolute Gasteiger partial charge is 0.247 e. The highest BCUT2D eigenvalue weighted by atomic mass is 16.5. The number of carbonyl (C=O) groups is 3. The number of amides is 3. The van der Waals surface area contributed by atoms with Gasteiger partial charge in [-0.2, -0.15) is 0 Å². The van der Waals surface area contributed by atoms with Crippen LogP contribution in [-0.4, -0.2) is 47.4 Å². The molecule has 40 heavy (non-hydrogen) atoms. The summed E-state index contributed by atoms with van der Waals surface area (Å²) in [6.45, 7) is 4.54. The number of fused-ring (bicyclic) bond motifs is 1. The second-order valence-electron chi connectivity index (χ2n) is 11.7. The normalized spacial score (nSPS) is 29.4. The fourth-order valence-electron chi connectivity index (χ4n) is 6.67. The summed E-state index contributed by atoms with van der Waals surface area (Å²) in [6.07, 6.45) is 10.6. The van der Waals surface area contributed by atoms with E-state index >= 15 is 0 Å². The summed E-state index contributed by atoms with van der Waals surface area (Å²) >= 11 is 0. The third-order valence-electron chi connectivity index (χ3n) is 8.88. The molecule has 6 rings (SSSR count). The van der Waals surface area contributed by atoms with E-state index in [4.69, 9.17) is 4.74 Å². The maximum Gasteiger partial charge on any atom is 0.247 e. The molecule has 3 amide bonds. The molecule has 3 heterocycles. The first-order valence-corrected chi connectivity index (χ1v) is 14.4. The largest absolute Gasteiger partial charge is 0.360 e. The number of nitrogens with zero attached hydrogens (tertiary/aromatic N) is 1. The van der Waals surface area contributed by atoms with Gasteiger partial charge in [0.2, 0.25) is 17.7 Å². The highest BCUT2D eigenvalue weighted by molar-refractivity contribution is 6.00. The Bertz CT molecular complexity index is 1360. The fourth-order valence-corrected chi connectivity index (χ4v) is 6.67. The van der Waals surface area contributed by atoms with Crippen LogP contribution in [0, 0.1) is 25.7 Å². The van der Waals surface area contributed by atoms with Gasteiger partial charge in [0, 0.05) is 12.2 Å². The quantitative estimate of drug-likeness (QED) is 0.518. The van der Waals surface area contributed by atoms with Gasteiger partial charge in [0.25, 0.3) is 0 Å². The number of rotatable bonds is 6. The molecular formula is C33H37N3O4. The first-order chi connectivity index (χ1) is 19.3. The van der Waals surface area contributed by atoms with Crippen LogP contribution in [0.3, 0.4) is 0 Å². The minimum Gasteiger partial charge on any atom is -0.360 e. The number of hydrogen-bond acceptors (Lipinski definition) is 4. The van der Waals surface area contributed by atoms with Gasteiger partial charge in [0.05, 0.1) is 24.5 Å². The van der Waals surface area contributed by atoms with E-state index in [1.54, 1.807) is 4.90 Å². The van der Waals surface area contributed by atoms with Crippen LogP contribution < -0.4 is 10.6 Å². The van der Waals surface area contributed by atoms with Crippen molar-refractivity contribution in [1.29, 1.82) is 0 Å². The first-order valence-electron chi connectivity index (χ1n) is 14.4. The molecular weight excluding hydrogens is 502 g/mol. The summed E-state index contributed by atoms with van der Waals surface area (Å²) in [6, 6.07) is 14.6. The first kappa shape index (κ1) is 26.5. The minimum atomic E-state index is -1.05. The van der Waals surface area contributed by atoms with E-state index in [1.165, 1.54) is 12.0 Å². The molecule has 0 aromatic heterocycles. The standard InChI is InChI=1S/C33H37N3O4/c1-21-8-12-24(13-9-21)29-31(38)34-20-33-18-16-26(40-33)27(30(37)35-25-14-10-22(2)11-15-25)28(33)32(39)36(29)19-17-23-6-4-3-5-7-23/h6,8-16,18,26-29H,3-5,7,17,19-20H2,1-2H3,(H,34,38)(H,35,37)/t26-,27-,28+,29+,33+/m1/s1. The molecule has 7 heteroatoms. The van der Waals surface area contributed by atoms with E-state index in [2.05, 4.69) is 16.7 Å². The molecule has 2 saturated heterocycles. The zero-order chi connectivity index (χ0) is 27.9. The van der Waals surface area contributed by atoms with Crippen molar-refractivity contribution in [3.8, 4) is 0 Å². The van der Waals surface area contributed by atoms with E-state index in [0.717, 1.165) is 36.0 Å². The lowest BCUT2D eigenvalue weighted by atomic mass is 9.73. The van der Waals surface area contributed by atoms with Crippen LogP contribution in [0.2, 0.25) is 0 Å². The summed E-state index contributed by atoms with van der Waals surface area (Å²) in [5.74, 6) is -2.12. The average Bonchev–Trinajstić information content (AvgIpc) is 3.53. The molecule has 7 nitrogen and oxygen atoms in total. The second kappa shape index (κ2) is 10.7. The van der Waals surface area contributed by atoms with Gasteiger partial charge < -0.3 is 20.3 Å². The predicted molar refractivity (Wildman–Crippen MR) is 153 cm³/mol. The van der Waals surface area contributed by atoms with Gasteiger partial charge in [0.1, 0.15) is 11.6 Å². The van der Waals surface area contributed by atoms with Crippen LogP contribution in [0.1, 0.15) is 54.8 Å². The van der Waals surface area contributed by atoms with E-state index in [0.29, 0.717) is 18.7 Å². The van der Waals surface area contributed by atoms with Gasteiger partial charge in [0.15, 0.2) is 0 Å². The highest BCUT2D eigenvalue weighted by Crippen LogP contribution is 2.49. The molecule has 1 spiro atoms. The Morgan fingerprint density at radius 2 is 1.77 bits per heavy atom. The van der Waals surface area contributed by atoms with E-state index in [9.17, 15) is 14.4 Å². The minimum absolute atomic E-state index is 0.144. The van der Waals surface area contributed by atoms with Crippen molar-refractivity contribution in [3.05, 3.63) is 89.0 Å². The van der Waals surface area contributed by atoms with E-state index < -0.39 is 29.6 Å². The number of carbonyl (C=O) groups excluding carboxylic acids is 3. The van der Waals surface area contributed by atoms with Crippen molar-refractivity contribution >= 4 is 23.4 Å². The Morgan fingerprint density at radius 3 is 2.48 bits per heavy atom. The van der Waals surface area contributed by atoms with Gasteiger partial charge in [-0.3, -0.25) is 14.4 Å². The highest BCUT2D eigenvalue weighted by Gasteiger charge is 2.63. The van der Waals surface area contributed by atoms with Gasteiger partial charge in [-0.05, 0) is 63.6 Å². The van der Waals surface area contributed by atoms with Gasteiger partial charge in [-0.25, -0.2) is 0 Å². The SMILES string of the molecule is Cc1ccc(NC(=O)[C@H]2[C@H]3C(=O)N(CCC4=CCCCC4)[C@@H](c4ccc(C)cc4)C(=O)NC[C@@]34C=C[C@H]2O4)cc1. The van der Waals surface area contributed by atoms with Crippen molar-refractivity contribution < 1.29 is 19.1 Å². The summed E-state index contributed by atoms with van der Waals surface area (Å²) in [4.78, 5) is 43.9. The van der Waals surface area contributed by atoms with E-state index in [-0.39, 0.29) is 24.3 Å². The Hall–Kier alpha value is -3.71. The molecule has 2 bridgehead atoms. The van der Waals surface area contributed by atoms with Crippen molar-refractivity contribution in [2.45, 2.75) is 63.7 Å². The van der Waals surface area contributed by atoms with Crippen LogP contribution in [-0.2, 0) is 19.1 Å². The fraction of sp³-hybridized carbons (Fsp3) is 0.424. The number of anilines is 1. The van der Waals surface area contributed by atoms with Crippen molar-refractivity contribution in [1.82, 2.24) is 10.2 Å². The third-order valence-corrected chi connectivity index (χ3v) is 8.88. The zero-order valence-electron chi connectivity index (χ0n) is 23.2. The molecule has 2 aromatic rings. The van der Waals surface area contributed by atoms with Crippen LogP contribution in [0.4, 0.5) is 5.69 Å². The molecule has 1 aliphatic carbocycles. The maximum absolute atomic E-state index is 14.7. The summed E-state index contributed by atoms with van der Waals surface area (Å²) < 4.78 is 6.36. The number of benzene rings is 2. The number of hydrogen-bond donors (Lipinski definition) is 2. The topological polar surface area (TPSA) is 87.7 Å². The Kier molecular flexibility index (Phi) is 7.09. The summed E-state index contributed by atoms with van der Waals surface area (Å²) in [5.41, 5.74) is 3.91. The predicted octanol–water partition coefficient (Wildman–Crippen LogP) is 4.77. The molecule has 0 radical (unpaired) electrons. The lowest BCUT2D eigenvalue weighted by Gasteiger charge is -2.42. The molecule has 2 N–H and O–H groups in total. The van der Waals surface area contributed by atoms with Crippen LogP contribution in [0.25, 0.3) is 0 Å². The van der Waals surface area contributed by atoms with E-state index in [1.807, 2.05) is 74.5 Å². The van der Waals surface area contributed by atoms with Crippen LogP contribution >= 0.6 is 0 Å². The van der Waals surface area contributed by atoms with Gasteiger partial charge >= 0.3 is 0 Å². The molecule has 2 aromatic carbocycles.